The Labute approximate surface area is 126 Å². The molecule has 2 aliphatic heterocycles. The Morgan fingerprint density at radius 3 is 2.62 bits per heavy atom. The van der Waals surface area contributed by atoms with Crippen LogP contribution in [0.4, 0.5) is 0 Å². The fourth-order valence-electron chi connectivity index (χ4n) is 2.58. The van der Waals surface area contributed by atoms with E-state index in [-0.39, 0.29) is 18.3 Å². The second-order valence-corrected chi connectivity index (χ2v) is 6.58. The number of allylic oxidation sites excluding steroid dienone is 1. The molecule has 122 valence electrons. The highest BCUT2D eigenvalue weighted by Gasteiger charge is 2.52. The second-order valence-electron chi connectivity index (χ2n) is 6.58. The summed E-state index contributed by atoms with van der Waals surface area (Å²) in [4.78, 5) is 0. The van der Waals surface area contributed by atoms with Gasteiger partial charge < -0.3 is 28.8 Å². The van der Waals surface area contributed by atoms with E-state index in [1.165, 1.54) is 0 Å². The first kappa shape index (κ1) is 16.7. The average Bonchev–Trinajstić information content (AvgIpc) is 2.59. The summed E-state index contributed by atoms with van der Waals surface area (Å²) in [6.07, 6.45) is -0.873. The van der Waals surface area contributed by atoms with Gasteiger partial charge in [-0.15, -0.1) is 0 Å². The lowest BCUT2D eigenvalue weighted by Gasteiger charge is -2.38. The van der Waals surface area contributed by atoms with Crippen molar-refractivity contribution in [3.05, 3.63) is 12.3 Å². The monoisotopic (exact) mass is 302 g/mol. The zero-order valence-corrected chi connectivity index (χ0v) is 13.4. The van der Waals surface area contributed by atoms with Gasteiger partial charge in [0, 0.05) is 6.42 Å². The van der Waals surface area contributed by atoms with Crippen LogP contribution in [0.1, 0.15) is 41.0 Å². The summed E-state index contributed by atoms with van der Waals surface area (Å²) in [7, 11) is 0. The minimum Gasteiger partial charge on any atom is -0.496 e. The Morgan fingerprint density at radius 2 is 2.05 bits per heavy atom. The van der Waals surface area contributed by atoms with Crippen molar-refractivity contribution in [3.63, 3.8) is 0 Å². The predicted molar refractivity (Wildman–Crippen MR) is 75.3 cm³/mol. The number of hydrogen-bond donors (Lipinski definition) is 1. The lowest BCUT2D eigenvalue weighted by molar-refractivity contribution is -0.275. The molecular weight excluding hydrogens is 276 g/mol. The summed E-state index contributed by atoms with van der Waals surface area (Å²) in [5, 5.41) is 9.92. The van der Waals surface area contributed by atoms with Crippen molar-refractivity contribution in [2.45, 2.75) is 77.2 Å². The maximum absolute atomic E-state index is 9.92. The van der Waals surface area contributed by atoms with E-state index in [1.807, 2.05) is 13.8 Å². The number of rotatable bonds is 5. The van der Waals surface area contributed by atoms with E-state index in [0.717, 1.165) is 0 Å². The van der Waals surface area contributed by atoms with Crippen molar-refractivity contribution in [1.82, 2.24) is 0 Å². The Balaban J connectivity index is 2.06. The van der Waals surface area contributed by atoms with E-state index in [9.17, 15) is 5.11 Å². The van der Waals surface area contributed by atoms with Crippen molar-refractivity contribution >= 4 is 0 Å². The van der Waals surface area contributed by atoms with Gasteiger partial charge in [-0.3, -0.25) is 0 Å². The Bertz CT molecular complexity index is 386. The minimum absolute atomic E-state index is 0.201. The summed E-state index contributed by atoms with van der Waals surface area (Å²) in [5.74, 6) is -1.35. The normalized spacial score (nSPS) is 35.3. The summed E-state index contributed by atoms with van der Waals surface area (Å²) in [6, 6.07) is 0. The van der Waals surface area contributed by atoms with Crippen molar-refractivity contribution in [1.29, 1.82) is 0 Å². The first-order chi connectivity index (χ1) is 9.56. The quantitative estimate of drug-likeness (QED) is 0.618. The van der Waals surface area contributed by atoms with Gasteiger partial charge in [0.25, 0.3) is 0 Å². The van der Waals surface area contributed by atoms with Gasteiger partial charge in [-0.05, 0) is 34.6 Å². The van der Waals surface area contributed by atoms with E-state index in [4.69, 9.17) is 23.7 Å². The van der Waals surface area contributed by atoms with Crippen LogP contribution in [0.5, 0.6) is 0 Å². The highest BCUT2D eigenvalue weighted by atomic mass is 16.8. The molecule has 0 aliphatic carbocycles. The van der Waals surface area contributed by atoms with E-state index in [0.29, 0.717) is 18.8 Å². The van der Waals surface area contributed by atoms with E-state index >= 15 is 0 Å². The van der Waals surface area contributed by atoms with Crippen LogP contribution in [-0.2, 0) is 23.7 Å². The molecule has 6 nitrogen and oxygen atoms in total. The summed E-state index contributed by atoms with van der Waals surface area (Å²) >= 11 is 0. The topological polar surface area (TPSA) is 66.4 Å². The smallest absolute Gasteiger partial charge is 0.190 e. The molecule has 1 N–H and O–H groups in total. The molecule has 0 bridgehead atoms. The Kier molecular flexibility index (Phi) is 4.66. The van der Waals surface area contributed by atoms with Gasteiger partial charge in [-0.25, -0.2) is 0 Å². The molecule has 2 heterocycles. The number of ether oxygens (including phenoxy) is 5. The van der Waals surface area contributed by atoms with Gasteiger partial charge in [0.1, 0.15) is 12.7 Å². The van der Waals surface area contributed by atoms with Crippen LogP contribution in [0, 0.1) is 0 Å². The molecule has 0 amide bonds. The Hall–Kier alpha value is -0.660. The van der Waals surface area contributed by atoms with Crippen LogP contribution in [0.2, 0.25) is 0 Å². The average molecular weight is 302 g/mol. The third-order valence-corrected chi connectivity index (χ3v) is 3.23. The summed E-state index contributed by atoms with van der Waals surface area (Å²) < 4.78 is 28.6. The van der Waals surface area contributed by atoms with Gasteiger partial charge in [0.2, 0.25) is 0 Å². The van der Waals surface area contributed by atoms with Gasteiger partial charge in [0.15, 0.2) is 17.9 Å². The molecule has 21 heavy (non-hydrogen) atoms. The third kappa shape index (κ3) is 4.66. The van der Waals surface area contributed by atoms with Crippen LogP contribution in [-0.4, -0.2) is 47.9 Å². The molecule has 2 saturated heterocycles. The highest BCUT2D eigenvalue weighted by Crippen LogP contribution is 2.38. The molecule has 4 atom stereocenters. The summed E-state index contributed by atoms with van der Waals surface area (Å²) in [6.45, 7) is 12.7. The lowest BCUT2D eigenvalue weighted by atomic mass is 10.0. The van der Waals surface area contributed by atoms with Crippen molar-refractivity contribution in [2.24, 2.45) is 0 Å². The summed E-state index contributed by atoms with van der Waals surface area (Å²) in [5.41, 5.74) is 0. The van der Waals surface area contributed by atoms with Gasteiger partial charge >= 0.3 is 0 Å². The van der Waals surface area contributed by atoms with Crippen LogP contribution in [0.15, 0.2) is 12.3 Å². The van der Waals surface area contributed by atoms with Crippen molar-refractivity contribution in [2.75, 3.05) is 6.61 Å². The third-order valence-electron chi connectivity index (χ3n) is 3.23. The van der Waals surface area contributed by atoms with Crippen molar-refractivity contribution in [3.8, 4) is 0 Å². The first-order valence-corrected chi connectivity index (χ1v) is 7.25. The van der Waals surface area contributed by atoms with E-state index in [1.54, 1.807) is 20.8 Å². The minimum atomic E-state index is -1.25. The molecule has 0 radical (unpaired) electrons. The fraction of sp³-hybridized carbons (Fsp3) is 0.867. The predicted octanol–water partition coefficient (Wildman–Crippen LogP) is 1.92. The zero-order valence-electron chi connectivity index (χ0n) is 13.4. The molecule has 0 aromatic heterocycles. The largest absolute Gasteiger partial charge is 0.496 e. The van der Waals surface area contributed by atoms with Gasteiger partial charge in [-0.2, -0.15) is 0 Å². The SMILES string of the molecule is C=C(C)OC[C@@H]1C[C@H](OC(C)(C)O)C2OC(C)(C)OC2O1. The molecule has 2 unspecified atom stereocenters. The van der Waals surface area contributed by atoms with Crippen LogP contribution in [0.25, 0.3) is 0 Å². The maximum atomic E-state index is 9.92. The molecule has 2 aliphatic rings. The van der Waals surface area contributed by atoms with Gasteiger partial charge in [0.05, 0.1) is 18.0 Å². The maximum Gasteiger partial charge on any atom is 0.190 e. The Morgan fingerprint density at radius 1 is 1.38 bits per heavy atom. The van der Waals surface area contributed by atoms with Crippen LogP contribution < -0.4 is 0 Å². The zero-order chi connectivity index (χ0) is 15.8. The number of hydrogen-bond acceptors (Lipinski definition) is 6. The molecule has 2 rings (SSSR count). The van der Waals surface area contributed by atoms with Crippen LogP contribution in [0.3, 0.4) is 0 Å². The lowest BCUT2D eigenvalue weighted by Crippen LogP contribution is -2.51. The van der Waals surface area contributed by atoms with E-state index in [2.05, 4.69) is 6.58 Å². The molecule has 6 heteroatoms. The number of aliphatic hydroxyl groups is 1. The molecule has 0 saturated carbocycles. The molecule has 0 aromatic rings. The fourth-order valence-corrected chi connectivity index (χ4v) is 2.58. The standard InChI is InChI=1S/C15H26O6/c1-9(2)17-8-10-7-11(19-14(3,4)16)12-13(18-10)21-15(5,6)20-12/h10-13,16H,1,7-8H2,2-6H3/t10-,11-,12?,13?/m0/s1. The van der Waals surface area contributed by atoms with Crippen molar-refractivity contribution < 1.29 is 28.8 Å². The second kappa shape index (κ2) is 5.85. The first-order valence-electron chi connectivity index (χ1n) is 7.25. The van der Waals surface area contributed by atoms with Crippen LogP contribution >= 0.6 is 0 Å². The molecule has 0 aromatic carbocycles. The molecular formula is C15H26O6. The highest BCUT2D eigenvalue weighted by molar-refractivity contribution is 4.90. The molecule has 2 fully saturated rings. The van der Waals surface area contributed by atoms with Gasteiger partial charge in [-0.1, -0.05) is 6.58 Å². The number of fused-ring (bicyclic) bond motifs is 1. The van der Waals surface area contributed by atoms with E-state index < -0.39 is 17.9 Å². The molecule has 0 spiro atoms.